The summed E-state index contributed by atoms with van der Waals surface area (Å²) in [6.07, 6.45) is 3.35. The first-order chi connectivity index (χ1) is 12.7. The van der Waals surface area contributed by atoms with E-state index in [-0.39, 0.29) is 12.4 Å². The van der Waals surface area contributed by atoms with Crippen molar-refractivity contribution in [1.82, 2.24) is 15.2 Å². The third-order valence-corrected chi connectivity index (χ3v) is 4.53. The zero-order valence-corrected chi connectivity index (χ0v) is 16.4. The van der Waals surface area contributed by atoms with E-state index < -0.39 is 17.9 Å². The standard InChI is InChI=1S/C20H23ClFN3O2/c1-20(2,3)27-19(26)25-9-7-13-11-23-8-6-16(13)18(25)24-12-14-4-5-15(21)10-17(14)22/h4-6,8,10-11,18,24H,7,9,12H2,1-3H3. The minimum atomic E-state index is -0.595. The molecule has 1 unspecified atom stereocenters. The number of benzene rings is 1. The number of carbonyl (C=O) groups excluding carboxylic acids is 1. The first kappa shape index (κ1) is 19.6. The molecule has 0 aliphatic carbocycles. The highest BCUT2D eigenvalue weighted by atomic mass is 35.5. The molecule has 7 heteroatoms. The van der Waals surface area contributed by atoms with E-state index in [4.69, 9.17) is 16.3 Å². The number of aromatic nitrogens is 1. The van der Waals surface area contributed by atoms with Gasteiger partial charge >= 0.3 is 6.09 Å². The van der Waals surface area contributed by atoms with E-state index in [2.05, 4.69) is 10.3 Å². The van der Waals surface area contributed by atoms with Crippen LogP contribution in [0.3, 0.4) is 0 Å². The summed E-state index contributed by atoms with van der Waals surface area (Å²) in [5.41, 5.74) is 1.88. The normalized spacial score (nSPS) is 16.8. The van der Waals surface area contributed by atoms with Crippen LogP contribution in [0.4, 0.5) is 9.18 Å². The Kier molecular flexibility index (Phi) is 5.67. The Bertz CT molecular complexity index is 838. The molecule has 2 heterocycles. The van der Waals surface area contributed by atoms with Crippen molar-refractivity contribution in [2.24, 2.45) is 0 Å². The summed E-state index contributed by atoms with van der Waals surface area (Å²) >= 11 is 5.82. The zero-order chi connectivity index (χ0) is 19.6. The van der Waals surface area contributed by atoms with Crippen LogP contribution in [-0.4, -0.2) is 28.1 Å². The van der Waals surface area contributed by atoms with Crippen LogP contribution >= 0.6 is 11.6 Å². The fraction of sp³-hybridized carbons (Fsp3) is 0.400. The lowest BCUT2D eigenvalue weighted by atomic mass is 9.99. The predicted molar refractivity (Wildman–Crippen MR) is 102 cm³/mol. The molecule has 1 amide bonds. The number of fused-ring (bicyclic) bond motifs is 1. The molecule has 0 radical (unpaired) electrons. The predicted octanol–water partition coefficient (Wildman–Crippen LogP) is 4.46. The highest BCUT2D eigenvalue weighted by Crippen LogP contribution is 2.29. The van der Waals surface area contributed by atoms with Gasteiger partial charge in [0.15, 0.2) is 0 Å². The molecule has 2 aromatic rings. The van der Waals surface area contributed by atoms with Crippen LogP contribution < -0.4 is 5.32 Å². The second-order valence-electron chi connectivity index (χ2n) is 7.52. The lowest BCUT2D eigenvalue weighted by molar-refractivity contribution is 0.00990. The molecule has 0 saturated heterocycles. The molecular weight excluding hydrogens is 369 g/mol. The Morgan fingerprint density at radius 3 is 2.89 bits per heavy atom. The van der Waals surface area contributed by atoms with Crippen molar-refractivity contribution >= 4 is 17.7 Å². The summed E-state index contributed by atoms with van der Waals surface area (Å²) in [5, 5.41) is 3.63. The van der Waals surface area contributed by atoms with Gasteiger partial charge in [-0.3, -0.25) is 15.2 Å². The number of amides is 1. The second kappa shape index (κ2) is 7.82. The fourth-order valence-electron chi connectivity index (χ4n) is 3.06. The Labute approximate surface area is 163 Å². The monoisotopic (exact) mass is 391 g/mol. The molecule has 0 fully saturated rings. The summed E-state index contributed by atoms with van der Waals surface area (Å²) in [5.74, 6) is -0.385. The van der Waals surface area contributed by atoms with Gasteiger partial charge in [-0.1, -0.05) is 17.7 Å². The smallest absolute Gasteiger partial charge is 0.411 e. The van der Waals surface area contributed by atoms with Crippen molar-refractivity contribution in [2.45, 2.75) is 45.5 Å². The van der Waals surface area contributed by atoms with Crippen molar-refractivity contribution in [2.75, 3.05) is 6.54 Å². The molecule has 0 saturated carbocycles. The molecule has 1 aliphatic rings. The average molecular weight is 392 g/mol. The number of ether oxygens (including phenoxy) is 1. The maximum atomic E-state index is 14.1. The molecular formula is C20H23ClFN3O2. The van der Waals surface area contributed by atoms with Crippen LogP contribution in [0.15, 0.2) is 36.7 Å². The lowest BCUT2D eigenvalue weighted by Crippen LogP contribution is -2.48. The Morgan fingerprint density at radius 2 is 2.19 bits per heavy atom. The van der Waals surface area contributed by atoms with E-state index in [1.807, 2.05) is 26.8 Å². The second-order valence-corrected chi connectivity index (χ2v) is 7.95. The van der Waals surface area contributed by atoms with Gasteiger partial charge in [-0.25, -0.2) is 9.18 Å². The van der Waals surface area contributed by atoms with Crippen molar-refractivity contribution in [3.8, 4) is 0 Å². The number of halogens is 2. The Hall–Kier alpha value is -2.18. The molecule has 5 nitrogen and oxygen atoms in total. The minimum Gasteiger partial charge on any atom is -0.444 e. The molecule has 27 heavy (non-hydrogen) atoms. The van der Waals surface area contributed by atoms with Gasteiger partial charge in [-0.15, -0.1) is 0 Å². The molecule has 1 atom stereocenters. The van der Waals surface area contributed by atoms with Crippen LogP contribution in [0.1, 0.15) is 43.6 Å². The van der Waals surface area contributed by atoms with Gasteiger partial charge in [-0.2, -0.15) is 0 Å². The van der Waals surface area contributed by atoms with Crippen LogP contribution in [-0.2, 0) is 17.7 Å². The molecule has 1 aromatic heterocycles. The number of nitrogens with one attached hydrogen (secondary N) is 1. The number of hydrogen-bond acceptors (Lipinski definition) is 4. The third-order valence-electron chi connectivity index (χ3n) is 4.30. The van der Waals surface area contributed by atoms with Gasteiger partial charge in [0.1, 0.15) is 17.6 Å². The molecule has 3 rings (SSSR count). The van der Waals surface area contributed by atoms with Gasteiger partial charge < -0.3 is 4.74 Å². The number of nitrogens with zero attached hydrogens (tertiary/aromatic N) is 2. The van der Waals surface area contributed by atoms with Crippen molar-refractivity contribution in [3.05, 3.63) is 64.2 Å². The first-order valence-corrected chi connectivity index (χ1v) is 9.22. The van der Waals surface area contributed by atoms with E-state index in [1.165, 1.54) is 6.07 Å². The van der Waals surface area contributed by atoms with E-state index in [1.54, 1.807) is 29.4 Å². The van der Waals surface area contributed by atoms with E-state index in [9.17, 15) is 9.18 Å². The molecule has 0 bridgehead atoms. The van der Waals surface area contributed by atoms with Gasteiger partial charge in [0.25, 0.3) is 0 Å². The molecule has 1 aliphatic heterocycles. The summed E-state index contributed by atoms with van der Waals surface area (Å²) < 4.78 is 19.7. The molecule has 1 N–H and O–H groups in total. The van der Waals surface area contributed by atoms with Crippen molar-refractivity contribution in [3.63, 3.8) is 0 Å². The maximum Gasteiger partial charge on any atom is 0.411 e. The summed E-state index contributed by atoms with van der Waals surface area (Å²) in [6.45, 7) is 6.23. The fourth-order valence-corrected chi connectivity index (χ4v) is 3.22. The van der Waals surface area contributed by atoms with Crippen LogP contribution in [0, 0.1) is 5.82 Å². The van der Waals surface area contributed by atoms with Gasteiger partial charge in [-0.05, 0) is 56.5 Å². The van der Waals surface area contributed by atoms with Gasteiger partial charge in [0, 0.05) is 36.1 Å². The summed E-state index contributed by atoms with van der Waals surface area (Å²) in [6, 6.07) is 6.44. The summed E-state index contributed by atoms with van der Waals surface area (Å²) in [7, 11) is 0. The topological polar surface area (TPSA) is 54.5 Å². The molecule has 144 valence electrons. The number of hydrogen-bond donors (Lipinski definition) is 1. The van der Waals surface area contributed by atoms with Crippen LogP contribution in [0.2, 0.25) is 5.02 Å². The minimum absolute atomic E-state index is 0.245. The zero-order valence-electron chi connectivity index (χ0n) is 15.6. The third kappa shape index (κ3) is 4.76. The van der Waals surface area contributed by atoms with E-state index in [0.717, 1.165) is 11.1 Å². The highest BCUT2D eigenvalue weighted by molar-refractivity contribution is 6.30. The largest absolute Gasteiger partial charge is 0.444 e. The molecule has 0 spiro atoms. The quantitative estimate of drug-likeness (QED) is 0.839. The molecule has 1 aromatic carbocycles. The first-order valence-electron chi connectivity index (χ1n) is 8.84. The van der Waals surface area contributed by atoms with Gasteiger partial charge in [0.05, 0.1) is 0 Å². The Balaban J connectivity index is 1.85. The SMILES string of the molecule is CC(C)(C)OC(=O)N1CCc2cnccc2C1NCc1ccc(Cl)cc1F. The van der Waals surface area contributed by atoms with E-state index >= 15 is 0 Å². The van der Waals surface area contributed by atoms with Crippen molar-refractivity contribution in [1.29, 1.82) is 0 Å². The number of rotatable bonds is 3. The average Bonchev–Trinajstić information content (AvgIpc) is 2.59. The highest BCUT2D eigenvalue weighted by Gasteiger charge is 2.33. The van der Waals surface area contributed by atoms with Crippen molar-refractivity contribution < 1.29 is 13.9 Å². The van der Waals surface area contributed by atoms with Crippen LogP contribution in [0.5, 0.6) is 0 Å². The summed E-state index contributed by atoms with van der Waals surface area (Å²) in [4.78, 5) is 18.5. The van der Waals surface area contributed by atoms with E-state index in [0.29, 0.717) is 23.6 Å². The number of carbonyl (C=O) groups is 1. The number of pyridine rings is 1. The van der Waals surface area contributed by atoms with Crippen LogP contribution in [0.25, 0.3) is 0 Å². The maximum absolute atomic E-state index is 14.1. The lowest BCUT2D eigenvalue weighted by Gasteiger charge is -2.38. The Morgan fingerprint density at radius 1 is 1.41 bits per heavy atom. The van der Waals surface area contributed by atoms with Gasteiger partial charge in [0.2, 0.25) is 0 Å².